The molecule has 90 valence electrons. The molecule has 0 unspecified atom stereocenters. The predicted molar refractivity (Wildman–Crippen MR) is 75.6 cm³/mol. The maximum Gasteiger partial charge on any atom is 0.138 e. The second-order valence-corrected chi connectivity index (χ2v) is 4.52. The zero-order valence-corrected chi connectivity index (χ0v) is 10.5. The molecule has 0 saturated heterocycles. The molecule has 0 atom stereocenters. The van der Waals surface area contributed by atoms with E-state index in [4.69, 9.17) is 4.42 Å². The van der Waals surface area contributed by atoms with Gasteiger partial charge >= 0.3 is 0 Å². The van der Waals surface area contributed by atoms with Crippen LogP contribution in [-0.4, -0.2) is 0 Å². The van der Waals surface area contributed by atoms with Crippen LogP contribution in [0.1, 0.15) is 18.9 Å². The van der Waals surface area contributed by atoms with Crippen LogP contribution in [0.4, 0.5) is 0 Å². The molecule has 0 amide bonds. The fourth-order valence-corrected chi connectivity index (χ4v) is 2.42. The predicted octanol–water partition coefficient (Wildman–Crippen LogP) is 5.05. The Hall–Kier alpha value is -2.02. The summed E-state index contributed by atoms with van der Waals surface area (Å²) in [6, 6.07) is 18.6. The number of aryl methyl sites for hydroxylation is 1. The Morgan fingerprint density at radius 1 is 0.889 bits per heavy atom. The van der Waals surface area contributed by atoms with Crippen LogP contribution in [0.2, 0.25) is 0 Å². The van der Waals surface area contributed by atoms with E-state index in [2.05, 4.69) is 43.3 Å². The van der Waals surface area contributed by atoms with Crippen LogP contribution < -0.4 is 0 Å². The van der Waals surface area contributed by atoms with Crippen LogP contribution in [0, 0.1) is 0 Å². The summed E-state index contributed by atoms with van der Waals surface area (Å²) in [5.41, 5.74) is 3.48. The lowest BCUT2D eigenvalue weighted by Crippen LogP contribution is -1.85. The Balaban J connectivity index is 2.25. The maximum atomic E-state index is 6.04. The van der Waals surface area contributed by atoms with E-state index in [1.807, 2.05) is 18.2 Å². The summed E-state index contributed by atoms with van der Waals surface area (Å²) in [7, 11) is 0. The van der Waals surface area contributed by atoms with Gasteiger partial charge in [-0.25, -0.2) is 0 Å². The van der Waals surface area contributed by atoms with Crippen molar-refractivity contribution < 1.29 is 4.42 Å². The van der Waals surface area contributed by atoms with Crippen LogP contribution in [0.3, 0.4) is 0 Å². The first kappa shape index (κ1) is 11.1. The van der Waals surface area contributed by atoms with E-state index in [0.717, 1.165) is 29.7 Å². The molecule has 0 radical (unpaired) electrons. The summed E-state index contributed by atoms with van der Waals surface area (Å²) in [6.45, 7) is 2.20. The number of rotatable bonds is 3. The third-order valence-electron chi connectivity index (χ3n) is 3.23. The Morgan fingerprint density at radius 2 is 1.61 bits per heavy atom. The highest BCUT2D eigenvalue weighted by Crippen LogP contribution is 2.34. The first-order valence-electron chi connectivity index (χ1n) is 6.46. The third kappa shape index (κ3) is 1.82. The second kappa shape index (κ2) is 4.69. The zero-order chi connectivity index (χ0) is 12.4. The Bertz CT molecular complexity index is 650. The van der Waals surface area contributed by atoms with Crippen molar-refractivity contribution in [2.75, 3.05) is 0 Å². The highest BCUT2D eigenvalue weighted by molar-refractivity contribution is 5.87. The summed E-state index contributed by atoms with van der Waals surface area (Å²) >= 11 is 0. The van der Waals surface area contributed by atoms with Crippen molar-refractivity contribution in [1.82, 2.24) is 0 Å². The number of benzene rings is 2. The Labute approximate surface area is 107 Å². The summed E-state index contributed by atoms with van der Waals surface area (Å²) in [5.74, 6) is 1.03. The minimum absolute atomic E-state index is 0.986. The van der Waals surface area contributed by atoms with Gasteiger partial charge in [-0.1, -0.05) is 61.9 Å². The fraction of sp³-hybridized carbons (Fsp3) is 0.176. The molecule has 1 aromatic heterocycles. The lowest BCUT2D eigenvalue weighted by atomic mass is 10.0. The van der Waals surface area contributed by atoms with Crippen molar-refractivity contribution >= 4 is 11.0 Å². The normalized spacial score (nSPS) is 10.9. The molecule has 0 aliphatic rings. The average molecular weight is 236 g/mol. The largest absolute Gasteiger partial charge is 0.456 e. The highest BCUT2D eigenvalue weighted by atomic mass is 16.3. The molecule has 3 rings (SSSR count). The summed E-state index contributed by atoms with van der Waals surface area (Å²) in [4.78, 5) is 0. The second-order valence-electron chi connectivity index (χ2n) is 4.52. The molecule has 0 saturated carbocycles. The highest BCUT2D eigenvalue weighted by Gasteiger charge is 2.14. The summed E-state index contributed by atoms with van der Waals surface area (Å²) in [5, 5.41) is 1.25. The van der Waals surface area contributed by atoms with Crippen LogP contribution in [0.5, 0.6) is 0 Å². The zero-order valence-electron chi connectivity index (χ0n) is 10.5. The van der Waals surface area contributed by atoms with Gasteiger partial charge in [0.25, 0.3) is 0 Å². The van der Waals surface area contributed by atoms with Gasteiger partial charge in [-0.15, -0.1) is 0 Å². The molecular weight excluding hydrogens is 220 g/mol. The van der Waals surface area contributed by atoms with Gasteiger partial charge in [0.1, 0.15) is 11.3 Å². The Morgan fingerprint density at radius 3 is 2.39 bits per heavy atom. The molecule has 1 nitrogen and oxygen atoms in total. The number of hydrogen-bond acceptors (Lipinski definition) is 1. The van der Waals surface area contributed by atoms with Crippen molar-refractivity contribution in [2.45, 2.75) is 19.8 Å². The van der Waals surface area contributed by atoms with E-state index in [9.17, 15) is 0 Å². The molecule has 0 N–H and O–H groups in total. The minimum Gasteiger partial charge on any atom is -0.456 e. The molecule has 1 heteroatoms. The van der Waals surface area contributed by atoms with Gasteiger partial charge < -0.3 is 4.42 Å². The smallest absolute Gasteiger partial charge is 0.138 e. The number of para-hydroxylation sites is 1. The van der Waals surface area contributed by atoms with Crippen LogP contribution >= 0.6 is 0 Å². The van der Waals surface area contributed by atoms with Crippen LogP contribution in [-0.2, 0) is 6.42 Å². The van der Waals surface area contributed by atoms with Crippen LogP contribution in [0.15, 0.2) is 59.0 Å². The Kier molecular flexibility index (Phi) is 2.89. The van der Waals surface area contributed by atoms with E-state index in [1.165, 1.54) is 10.9 Å². The van der Waals surface area contributed by atoms with E-state index in [0.29, 0.717) is 0 Å². The van der Waals surface area contributed by atoms with Crippen LogP contribution in [0.25, 0.3) is 22.3 Å². The van der Waals surface area contributed by atoms with Gasteiger partial charge in [-0.3, -0.25) is 0 Å². The third-order valence-corrected chi connectivity index (χ3v) is 3.23. The summed E-state index contributed by atoms with van der Waals surface area (Å²) < 4.78 is 6.04. The van der Waals surface area contributed by atoms with Crippen molar-refractivity contribution in [2.24, 2.45) is 0 Å². The molecular formula is C17H16O. The number of hydrogen-bond donors (Lipinski definition) is 0. The quantitative estimate of drug-likeness (QED) is 0.620. The topological polar surface area (TPSA) is 13.1 Å². The molecule has 0 bridgehead atoms. The monoisotopic (exact) mass is 236 g/mol. The molecule has 0 aliphatic heterocycles. The molecule has 3 aromatic rings. The van der Waals surface area contributed by atoms with Crippen molar-refractivity contribution in [3.8, 4) is 11.3 Å². The standard InChI is InChI=1S/C17H16O/c1-2-8-15-14-11-6-7-12-16(14)18-17(15)13-9-4-3-5-10-13/h3-7,9-12H,2,8H2,1H3. The lowest BCUT2D eigenvalue weighted by Gasteiger charge is -2.01. The van der Waals surface area contributed by atoms with Crippen molar-refractivity contribution in [3.05, 3.63) is 60.2 Å². The van der Waals surface area contributed by atoms with E-state index in [1.54, 1.807) is 0 Å². The van der Waals surface area contributed by atoms with Gasteiger partial charge in [0.15, 0.2) is 0 Å². The molecule has 0 spiro atoms. The molecule has 2 aromatic carbocycles. The number of fused-ring (bicyclic) bond motifs is 1. The van der Waals surface area contributed by atoms with E-state index < -0.39 is 0 Å². The van der Waals surface area contributed by atoms with E-state index in [-0.39, 0.29) is 0 Å². The van der Waals surface area contributed by atoms with E-state index >= 15 is 0 Å². The molecule has 0 fully saturated rings. The lowest BCUT2D eigenvalue weighted by molar-refractivity contribution is 0.626. The van der Waals surface area contributed by atoms with Gasteiger partial charge in [-0.05, 0) is 12.5 Å². The van der Waals surface area contributed by atoms with Gasteiger partial charge in [-0.2, -0.15) is 0 Å². The number of furan rings is 1. The molecule has 1 heterocycles. The van der Waals surface area contributed by atoms with Crippen molar-refractivity contribution in [3.63, 3.8) is 0 Å². The first-order valence-corrected chi connectivity index (χ1v) is 6.46. The van der Waals surface area contributed by atoms with Crippen molar-refractivity contribution in [1.29, 1.82) is 0 Å². The molecule has 18 heavy (non-hydrogen) atoms. The van der Waals surface area contributed by atoms with Gasteiger partial charge in [0, 0.05) is 16.5 Å². The fourth-order valence-electron chi connectivity index (χ4n) is 2.42. The van der Waals surface area contributed by atoms with Gasteiger partial charge in [0.05, 0.1) is 0 Å². The maximum absolute atomic E-state index is 6.04. The molecule has 0 aliphatic carbocycles. The van der Waals surface area contributed by atoms with Gasteiger partial charge in [0.2, 0.25) is 0 Å². The summed E-state index contributed by atoms with van der Waals surface area (Å²) in [6.07, 6.45) is 2.19. The first-order chi connectivity index (χ1) is 8.90. The average Bonchev–Trinajstić information content (AvgIpc) is 2.80. The minimum atomic E-state index is 0.986. The SMILES string of the molecule is CCCc1c(-c2ccccc2)oc2ccccc12.